The summed E-state index contributed by atoms with van der Waals surface area (Å²) in [5.74, 6) is 2.88. The molecule has 100 valence electrons. The van der Waals surface area contributed by atoms with E-state index in [2.05, 4.69) is 25.1 Å². The molecule has 0 bridgehead atoms. The fraction of sp³-hybridized carbons (Fsp3) is 0.556. The molecule has 1 aromatic carbocycles. The highest BCUT2D eigenvalue weighted by molar-refractivity contribution is 5.40. The zero-order valence-electron chi connectivity index (χ0n) is 11.6. The smallest absolute Gasteiger partial charge is 0.115 e. The lowest BCUT2D eigenvalue weighted by Crippen LogP contribution is -2.39. The predicted molar refractivity (Wildman–Crippen MR) is 77.2 cm³/mol. The van der Waals surface area contributed by atoms with E-state index in [0.29, 0.717) is 11.2 Å². The zero-order valence-corrected chi connectivity index (χ0v) is 11.6. The molecule has 3 aliphatic rings. The second-order valence-corrected chi connectivity index (χ2v) is 6.98. The van der Waals surface area contributed by atoms with Crippen molar-refractivity contribution in [2.24, 2.45) is 17.3 Å². The first-order valence-corrected chi connectivity index (χ1v) is 7.67. The summed E-state index contributed by atoms with van der Waals surface area (Å²) < 4.78 is 0. The highest BCUT2D eigenvalue weighted by atomic mass is 16.3. The number of rotatable bonds is 0. The first-order chi connectivity index (χ1) is 9.17. The van der Waals surface area contributed by atoms with Gasteiger partial charge in [-0.05, 0) is 78.5 Å². The highest BCUT2D eigenvalue weighted by Gasteiger charge is 2.48. The monoisotopic (exact) mass is 254 g/mol. The lowest BCUT2D eigenvalue weighted by molar-refractivity contribution is 0.0826. The van der Waals surface area contributed by atoms with Crippen molar-refractivity contribution in [3.63, 3.8) is 0 Å². The molecule has 0 aromatic heterocycles. The van der Waals surface area contributed by atoms with Crippen molar-refractivity contribution >= 4 is 0 Å². The number of aryl methyl sites for hydroxylation is 1. The molecule has 0 saturated heterocycles. The standard InChI is InChI=1S/C18H22O/c1-18-9-2-3-17(18)16-6-4-12-11-13(19)5-7-14(12)15(16)8-10-18/h2,5,7,9,11,15-17,19H,3-4,6,8,10H2,1H3/t15-,16-,17+,18+/m0/s1. The Morgan fingerprint density at radius 3 is 3.05 bits per heavy atom. The van der Waals surface area contributed by atoms with Crippen LogP contribution in [0.4, 0.5) is 0 Å². The van der Waals surface area contributed by atoms with Crippen LogP contribution < -0.4 is 0 Å². The minimum atomic E-state index is 0.431. The number of benzene rings is 1. The third kappa shape index (κ3) is 1.60. The van der Waals surface area contributed by atoms with Gasteiger partial charge in [-0.15, -0.1) is 0 Å². The summed E-state index contributed by atoms with van der Waals surface area (Å²) in [6, 6.07) is 6.06. The molecule has 1 nitrogen and oxygen atoms in total. The van der Waals surface area contributed by atoms with Crippen LogP contribution in [0.15, 0.2) is 30.4 Å². The van der Waals surface area contributed by atoms with Crippen LogP contribution in [0.1, 0.15) is 49.7 Å². The molecular weight excluding hydrogens is 232 g/mol. The molecule has 3 aliphatic carbocycles. The highest BCUT2D eigenvalue weighted by Crippen LogP contribution is 2.58. The molecule has 0 heterocycles. The fourth-order valence-corrected chi connectivity index (χ4v) is 5.05. The summed E-state index contributed by atoms with van der Waals surface area (Å²) in [4.78, 5) is 0. The van der Waals surface area contributed by atoms with Crippen molar-refractivity contribution in [2.75, 3.05) is 0 Å². The number of phenolic OH excluding ortho intramolecular Hbond substituents is 1. The molecule has 19 heavy (non-hydrogen) atoms. The van der Waals surface area contributed by atoms with Crippen LogP contribution in [-0.2, 0) is 6.42 Å². The zero-order chi connectivity index (χ0) is 13.0. The van der Waals surface area contributed by atoms with Crippen LogP contribution in [-0.4, -0.2) is 5.11 Å². The molecule has 0 spiro atoms. The first-order valence-electron chi connectivity index (χ1n) is 7.67. The largest absolute Gasteiger partial charge is 0.508 e. The minimum absolute atomic E-state index is 0.431. The van der Waals surface area contributed by atoms with Gasteiger partial charge in [0.1, 0.15) is 5.75 Å². The minimum Gasteiger partial charge on any atom is -0.508 e. The number of hydrogen-bond donors (Lipinski definition) is 1. The number of phenols is 1. The Balaban J connectivity index is 1.73. The first kappa shape index (κ1) is 11.6. The van der Waals surface area contributed by atoms with Gasteiger partial charge in [0.2, 0.25) is 0 Å². The molecule has 1 N–H and O–H groups in total. The van der Waals surface area contributed by atoms with Gasteiger partial charge >= 0.3 is 0 Å². The second-order valence-electron chi connectivity index (χ2n) is 6.98. The van der Waals surface area contributed by atoms with Gasteiger partial charge < -0.3 is 5.11 Å². The Morgan fingerprint density at radius 2 is 2.16 bits per heavy atom. The van der Waals surface area contributed by atoms with E-state index in [1.807, 2.05) is 12.1 Å². The molecule has 1 fully saturated rings. The molecule has 0 unspecified atom stereocenters. The normalized spacial score (nSPS) is 39.5. The predicted octanol–water partition coefficient (Wildman–Crippen LogP) is 4.41. The van der Waals surface area contributed by atoms with Crippen LogP contribution >= 0.6 is 0 Å². The van der Waals surface area contributed by atoms with Gasteiger partial charge in [0.15, 0.2) is 0 Å². The van der Waals surface area contributed by atoms with Gasteiger partial charge in [-0.25, -0.2) is 0 Å². The molecule has 0 radical (unpaired) electrons. The lowest BCUT2D eigenvalue weighted by Gasteiger charge is -2.49. The summed E-state index contributed by atoms with van der Waals surface area (Å²) in [5.41, 5.74) is 3.40. The SMILES string of the molecule is C[C@]12C=CC[C@@H]1[C@H]1CCc3cc(O)ccc3[C@@H]1CC2. The number of fused-ring (bicyclic) bond motifs is 5. The van der Waals surface area contributed by atoms with E-state index < -0.39 is 0 Å². The summed E-state index contributed by atoms with van der Waals surface area (Å²) in [6.07, 6.45) is 11.3. The van der Waals surface area contributed by atoms with Crippen LogP contribution in [0.5, 0.6) is 5.75 Å². The van der Waals surface area contributed by atoms with Crippen molar-refractivity contribution in [3.05, 3.63) is 41.5 Å². The molecule has 1 aromatic rings. The van der Waals surface area contributed by atoms with E-state index in [-0.39, 0.29) is 0 Å². The Bertz CT molecular complexity index is 545. The van der Waals surface area contributed by atoms with E-state index in [0.717, 1.165) is 24.2 Å². The Hall–Kier alpha value is -1.24. The topological polar surface area (TPSA) is 20.2 Å². The van der Waals surface area contributed by atoms with Gasteiger partial charge in [-0.1, -0.05) is 25.1 Å². The van der Waals surface area contributed by atoms with E-state index in [4.69, 9.17) is 0 Å². The quantitative estimate of drug-likeness (QED) is 0.680. The van der Waals surface area contributed by atoms with Crippen molar-refractivity contribution < 1.29 is 5.11 Å². The third-order valence-electron chi connectivity index (χ3n) is 6.04. The Labute approximate surface area is 115 Å². The molecule has 1 heteroatoms. The number of allylic oxidation sites excluding steroid dienone is 2. The maximum atomic E-state index is 9.67. The van der Waals surface area contributed by atoms with E-state index >= 15 is 0 Å². The summed E-state index contributed by atoms with van der Waals surface area (Å²) in [7, 11) is 0. The summed E-state index contributed by atoms with van der Waals surface area (Å²) in [5, 5.41) is 9.67. The molecule has 4 atom stereocenters. The van der Waals surface area contributed by atoms with Gasteiger partial charge in [0.25, 0.3) is 0 Å². The second kappa shape index (κ2) is 3.88. The van der Waals surface area contributed by atoms with Gasteiger partial charge in [-0.2, -0.15) is 0 Å². The van der Waals surface area contributed by atoms with Gasteiger partial charge in [0.05, 0.1) is 0 Å². The number of aromatic hydroxyl groups is 1. The fourth-order valence-electron chi connectivity index (χ4n) is 5.05. The molecule has 1 saturated carbocycles. The van der Waals surface area contributed by atoms with Crippen LogP contribution in [0.25, 0.3) is 0 Å². The van der Waals surface area contributed by atoms with E-state index in [1.54, 1.807) is 0 Å². The van der Waals surface area contributed by atoms with Crippen molar-refractivity contribution in [1.82, 2.24) is 0 Å². The maximum absolute atomic E-state index is 9.67. The van der Waals surface area contributed by atoms with Crippen molar-refractivity contribution in [2.45, 2.75) is 44.9 Å². The third-order valence-corrected chi connectivity index (χ3v) is 6.04. The maximum Gasteiger partial charge on any atom is 0.115 e. The van der Waals surface area contributed by atoms with E-state index in [1.165, 1.54) is 36.8 Å². The Morgan fingerprint density at radius 1 is 1.26 bits per heavy atom. The molecule has 0 amide bonds. The van der Waals surface area contributed by atoms with Crippen molar-refractivity contribution in [1.29, 1.82) is 0 Å². The lowest BCUT2D eigenvalue weighted by atomic mass is 9.56. The van der Waals surface area contributed by atoms with Crippen LogP contribution in [0.2, 0.25) is 0 Å². The molecule has 0 aliphatic heterocycles. The summed E-state index contributed by atoms with van der Waals surface area (Å²) in [6.45, 7) is 2.46. The number of hydrogen-bond acceptors (Lipinski definition) is 1. The van der Waals surface area contributed by atoms with Crippen molar-refractivity contribution in [3.8, 4) is 5.75 Å². The average molecular weight is 254 g/mol. The van der Waals surface area contributed by atoms with E-state index in [9.17, 15) is 5.11 Å². The molecular formula is C18H22O. The summed E-state index contributed by atoms with van der Waals surface area (Å²) >= 11 is 0. The van der Waals surface area contributed by atoms with Gasteiger partial charge in [0, 0.05) is 0 Å². The van der Waals surface area contributed by atoms with Crippen LogP contribution in [0.3, 0.4) is 0 Å². The molecule has 4 rings (SSSR count). The average Bonchev–Trinajstić information content (AvgIpc) is 2.79. The Kier molecular flexibility index (Phi) is 2.36. The van der Waals surface area contributed by atoms with Gasteiger partial charge in [-0.3, -0.25) is 0 Å². The van der Waals surface area contributed by atoms with Crippen LogP contribution in [0, 0.1) is 17.3 Å².